The lowest BCUT2D eigenvalue weighted by atomic mass is 10.0. The SMILES string of the molecule is COC(=O)c1cccc(-c2ccc(C=C3SC(=O)N(CC(=O)N4CCCCCC4)C3=O)o2)c1C. The van der Waals surface area contributed by atoms with Crippen LogP contribution in [0, 0.1) is 6.92 Å². The van der Waals surface area contributed by atoms with Gasteiger partial charge in [0.05, 0.1) is 17.6 Å². The number of ether oxygens (including phenoxy) is 1. The number of carbonyl (C=O) groups is 4. The highest BCUT2D eigenvalue weighted by molar-refractivity contribution is 8.18. The molecule has 34 heavy (non-hydrogen) atoms. The summed E-state index contributed by atoms with van der Waals surface area (Å²) in [6, 6.07) is 8.67. The average molecular weight is 483 g/mol. The second-order valence-electron chi connectivity index (χ2n) is 8.23. The summed E-state index contributed by atoms with van der Waals surface area (Å²) in [5, 5.41) is -0.465. The third-order valence-electron chi connectivity index (χ3n) is 6.03. The van der Waals surface area contributed by atoms with Gasteiger partial charge in [-0.25, -0.2) is 4.79 Å². The van der Waals surface area contributed by atoms with Crippen molar-refractivity contribution in [3.8, 4) is 11.3 Å². The zero-order chi connectivity index (χ0) is 24.2. The maximum absolute atomic E-state index is 12.8. The van der Waals surface area contributed by atoms with Gasteiger partial charge in [0.2, 0.25) is 5.91 Å². The van der Waals surface area contributed by atoms with Crippen LogP contribution in [0.1, 0.15) is 47.4 Å². The molecule has 0 radical (unpaired) electrons. The number of likely N-dealkylation sites (tertiary alicyclic amines) is 1. The third kappa shape index (κ3) is 4.94. The summed E-state index contributed by atoms with van der Waals surface area (Å²) >= 11 is 0.794. The van der Waals surface area contributed by atoms with E-state index < -0.39 is 17.1 Å². The van der Waals surface area contributed by atoms with E-state index in [1.807, 2.05) is 6.07 Å². The van der Waals surface area contributed by atoms with E-state index in [1.54, 1.807) is 36.1 Å². The summed E-state index contributed by atoms with van der Waals surface area (Å²) in [5.41, 5.74) is 1.87. The number of nitrogens with zero attached hydrogens (tertiary/aromatic N) is 2. The highest BCUT2D eigenvalue weighted by Gasteiger charge is 2.37. The molecule has 178 valence electrons. The van der Waals surface area contributed by atoms with E-state index in [2.05, 4.69) is 0 Å². The standard InChI is InChI=1S/C25H26N2O6S/c1-16-18(8-7-9-19(16)24(30)32-2)20-11-10-17(33-20)14-21-23(29)27(25(31)34-21)15-22(28)26-12-5-3-4-6-13-26/h7-11,14H,3-6,12-13,15H2,1-2H3. The molecular weight excluding hydrogens is 456 g/mol. The number of methoxy groups -OCH3 is 1. The van der Waals surface area contributed by atoms with Gasteiger partial charge in [0.1, 0.15) is 18.1 Å². The van der Waals surface area contributed by atoms with E-state index >= 15 is 0 Å². The van der Waals surface area contributed by atoms with Crippen LogP contribution in [0.15, 0.2) is 39.7 Å². The van der Waals surface area contributed by atoms with Crippen LogP contribution in [0.2, 0.25) is 0 Å². The number of amides is 3. The number of thioether (sulfide) groups is 1. The summed E-state index contributed by atoms with van der Waals surface area (Å²) in [4.78, 5) is 52.9. The maximum atomic E-state index is 12.8. The van der Waals surface area contributed by atoms with Gasteiger partial charge in [-0.15, -0.1) is 0 Å². The smallest absolute Gasteiger partial charge is 0.338 e. The van der Waals surface area contributed by atoms with Crippen molar-refractivity contribution >= 4 is 40.9 Å². The Bertz CT molecular complexity index is 1160. The quantitative estimate of drug-likeness (QED) is 0.458. The van der Waals surface area contributed by atoms with Crippen LogP contribution in [-0.2, 0) is 14.3 Å². The van der Waals surface area contributed by atoms with Gasteiger partial charge >= 0.3 is 5.97 Å². The van der Waals surface area contributed by atoms with Gasteiger partial charge in [-0.3, -0.25) is 19.3 Å². The van der Waals surface area contributed by atoms with E-state index in [0.717, 1.165) is 47.9 Å². The monoisotopic (exact) mass is 482 g/mol. The molecule has 0 unspecified atom stereocenters. The molecular formula is C25H26N2O6S. The van der Waals surface area contributed by atoms with Crippen LogP contribution in [0.4, 0.5) is 4.79 Å². The van der Waals surface area contributed by atoms with Gasteiger partial charge in [0.15, 0.2) is 0 Å². The number of carbonyl (C=O) groups excluding carboxylic acids is 4. The van der Waals surface area contributed by atoms with Gasteiger partial charge in [-0.2, -0.15) is 0 Å². The number of imide groups is 1. The molecule has 4 rings (SSSR count). The van der Waals surface area contributed by atoms with Crippen LogP contribution < -0.4 is 0 Å². The minimum Gasteiger partial charge on any atom is -0.465 e. The van der Waals surface area contributed by atoms with E-state index in [9.17, 15) is 19.2 Å². The first-order chi connectivity index (χ1) is 16.4. The second-order valence-corrected chi connectivity index (χ2v) is 9.23. The van der Waals surface area contributed by atoms with Gasteiger partial charge in [-0.05, 0) is 55.3 Å². The van der Waals surface area contributed by atoms with E-state index in [-0.39, 0.29) is 17.4 Å². The van der Waals surface area contributed by atoms with E-state index in [4.69, 9.17) is 9.15 Å². The van der Waals surface area contributed by atoms with Crippen LogP contribution in [0.3, 0.4) is 0 Å². The van der Waals surface area contributed by atoms with E-state index in [1.165, 1.54) is 13.2 Å². The minimum atomic E-state index is -0.500. The molecule has 8 nitrogen and oxygen atoms in total. The van der Waals surface area contributed by atoms with Crippen molar-refractivity contribution in [3.05, 3.63) is 52.1 Å². The van der Waals surface area contributed by atoms with Crippen LogP contribution in [0.5, 0.6) is 0 Å². The molecule has 0 aliphatic carbocycles. The molecule has 2 fully saturated rings. The molecule has 1 aromatic carbocycles. The Morgan fingerprint density at radius 3 is 2.53 bits per heavy atom. The average Bonchev–Trinajstić information content (AvgIpc) is 3.25. The first-order valence-electron chi connectivity index (χ1n) is 11.2. The van der Waals surface area contributed by atoms with Crippen LogP contribution in [0.25, 0.3) is 17.4 Å². The van der Waals surface area contributed by atoms with Crippen molar-refractivity contribution in [3.63, 3.8) is 0 Å². The highest BCUT2D eigenvalue weighted by atomic mass is 32.2. The zero-order valence-corrected chi connectivity index (χ0v) is 20.0. The number of hydrogen-bond acceptors (Lipinski definition) is 7. The van der Waals surface area contributed by atoms with Crippen molar-refractivity contribution in [1.29, 1.82) is 0 Å². The lowest BCUT2D eigenvalue weighted by molar-refractivity contribution is -0.135. The Morgan fingerprint density at radius 2 is 1.82 bits per heavy atom. The van der Waals surface area contributed by atoms with E-state index in [0.29, 0.717) is 35.7 Å². The molecule has 3 amide bonds. The predicted octanol–water partition coefficient (Wildman–Crippen LogP) is 4.48. The predicted molar refractivity (Wildman–Crippen MR) is 128 cm³/mol. The van der Waals surface area contributed by atoms with Gasteiger partial charge in [0.25, 0.3) is 11.1 Å². The number of esters is 1. The van der Waals surface area contributed by atoms with Crippen molar-refractivity contribution < 1.29 is 28.3 Å². The molecule has 0 bridgehead atoms. The molecule has 9 heteroatoms. The summed E-state index contributed by atoms with van der Waals surface area (Å²) in [6.45, 7) is 2.88. The van der Waals surface area contributed by atoms with Gasteiger partial charge in [0, 0.05) is 24.7 Å². The zero-order valence-electron chi connectivity index (χ0n) is 19.2. The minimum absolute atomic E-state index is 0.202. The molecule has 3 heterocycles. The maximum Gasteiger partial charge on any atom is 0.338 e. The molecule has 2 aromatic rings. The van der Waals surface area contributed by atoms with Crippen molar-refractivity contribution in [1.82, 2.24) is 9.80 Å². The molecule has 0 atom stereocenters. The van der Waals surface area contributed by atoms with Crippen molar-refractivity contribution in [2.45, 2.75) is 32.6 Å². The summed E-state index contributed by atoms with van der Waals surface area (Å²) in [7, 11) is 1.33. The number of rotatable bonds is 5. The largest absolute Gasteiger partial charge is 0.465 e. The number of furan rings is 1. The first kappa shape index (κ1) is 23.8. The summed E-state index contributed by atoms with van der Waals surface area (Å²) < 4.78 is 10.7. The lowest BCUT2D eigenvalue weighted by Gasteiger charge is -2.22. The summed E-state index contributed by atoms with van der Waals surface area (Å²) in [6.07, 6.45) is 5.56. The fourth-order valence-electron chi connectivity index (χ4n) is 4.13. The molecule has 2 aliphatic heterocycles. The number of benzene rings is 1. The topological polar surface area (TPSA) is 97.1 Å². The Kier molecular flexibility index (Phi) is 7.21. The first-order valence-corrected chi connectivity index (χ1v) is 12.0. The van der Waals surface area contributed by atoms with Crippen LogP contribution in [-0.4, -0.2) is 59.6 Å². The Hall–Kier alpha value is -3.33. The molecule has 2 saturated heterocycles. The van der Waals surface area contributed by atoms with Gasteiger partial charge in [-0.1, -0.05) is 25.0 Å². The van der Waals surface area contributed by atoms with Crippen LogP contribution >= 0.6 is 11.8 Å². The normalized spacial score (nSPS) is 17.9. The third-order valence-corrected chi connectivity index (χ3v) is 6.94. The van der Waals surface area contributed by atoms with Crippen molar-refractivity contribution in [2.24, 2.45) is 0 Å². The Morgan fingerprint density at radius 1 is 1.09 bits per heavy atom. The molecule has 2 aliphatic rings. The van der Waals surface area contributed by atoms with Crippen molar-refractivity contribution in [2.75, 3.05) is 26.7 Å². The lowest BCUT2D eigenvalue weighted by Crippen LogP contribution is -2.42. The molecule has 0 N–H and O–H groups in total. The highest BCUT2D eigenvalue weighted by Crippen LogP contribution is 2.34. The fraction of sp³-hybridized carbons (Fsp3) is 0.360. The Labute approximate surface area is 201 Å². The molecule has 0 saturated carbocycles. The number of hydrogen-bond donors (Lipinski definition) is 0. The Balaban J connectivity index is 1.49. The fourth-order valence-corrected chi connectivity index (χ4v) is 4.95. The summed E-state index contributed by atoms with van der Waals surface area (Å²) in [5.74, 6) is -0.228. The van der Waals surface area contributed by atoms with Gasteiger partial charge < -0.3 is 14.1 Å². The molecule has 1 aromatic heterocycles. The second kappa shape index (κ2) is 10.3. The molecule has 0 spiro atoms.